The van der Waals surface area contributed by atoms with Crippen molar-refractivity contribution < 1.29 is 24.2 Å². The molecule has 0 bridgehead atoms. The van der Waals surface area contributed by atoms with Crippen molar-refractivity contribution in [2.45, 2.75) is 91.4 Å². The molecule has 202 valence electrons. The van der Waals surface area contributed by atoms with Crippen molar-refractivity contribution in [1.82, 2.24) is 9.38 Å². The lowest BCUT2D eigenvalue weighted by Crippen LogP contribution is -2.31. The fourth-order valence-corrected chi connectivity index (χ4v) is 7.00. The van der Waals surface area contributed by atoms with E-state index in [4.69, 9.17) is 10.5 Å². The Kier molecular flexibility index (Phi) is 8.55. The summed E-state index contributed by atoms with van der Waals surface area (Å²) in [7, 11) is 0. The van der Waals surface area contributed by atoms with Crippen LogP contribution in [0, 0.1) is 30.6 Å². The van der Waals surface area contributed by atoms with Gasteiger partial charge in [-0.05, 0) is 61.8 Å². The molecule has 8 nitrogen and oxygen atoms in total. The monoisotopic (exact) mass is 511 g/mol. The first-order valence-corrected chi connectivity index (χ1v) is 13.9. The molecule has 4 rings (SSSR count). The van der Waals surface area contributed by atoms with Crippen LogP contribution in [0.4, 0.5) is 0 Å². The lowest BCUT2D eigenvalue weighted by molar-refractivity contribution is -0.139. The summed E-state index contributed by atoms with van der Waals surface area (Å²) in [5.74, 6) is -0.387. The van der Waals surface area contributed by atoms with Gasteiger partial charge in [-0.25, -0.2) is 9.78 Å². The topological polar surface area (TPSA) is 124 Å². The molecule has 0 radical (unpaired) electrons. The molecule has 37 heavy (non-hydrogen) atoms. The summed E-state index contributed by atoms with van der Waals surface area (Å²) in [6.45, 7) is 5.58. The average molecular weight is 512 g/mol. The van der Waals surface area contributed by atoms with Crippen molar-refractivity contribution >= 4 is 23.2 Å². The number of ether oxygens (including phenoxy) is 1. The van der Waals surface area contributed by atoms with E-state index >= 15 is 0 Å². The molecule has 2 aliphatic carbocycles. The van der Waals surface area contributed by atoms with Gasteiger partial charge in [-0.2, -0.15) is 0 Å². The Bertz CT molecular complexity index is 1160. The van der Waals surface area contributed by atoms with E-state index in [0.29, 0.717) is 35.4 Å². The summed E-state index contributed by atoms with van der Waals surface area (Å²) in [6.07, 6.45) is 14.7. The van der Waals surface area contributed by atoms with Crippen LogP contribution in [0.5, 0.6) is 5.88 Å². The predicted molar refractivity (Wildman–Crippen MR) is 141 cm³/mol. The number of nitrogens with zero attached hydrogens (tertiary/aromatic N) is 2. The van der Waals surface area contributed by atoms with Gasteiger partial charge in [-0.15, -0.1) is 0 Å². The third-order valence-electron chi connectivity index (χ3n) is 8.71. The molecule has 0 spiro atoms. The Morgan fingerprint density at radius 3 is 2.51 bits per heavy atom. The van der Waals surface area contributed by atoms with Crippen LogP contribution in [0.2, 0.25) is 0 Å². The molecule has 3 N–H and O–H groups in total. The maximum atomic E-state index is 13.1. The highest BCUT2D eigenvalue weighted by Gasteiger charge is 2.36. The first-order chi connectivity index (χ1) is 17.7. The van der Waals surface area contributed by atoms with E-state index in [1.54, 1.807) is 0 Å². The number of amides is 1. The number of carboxylic acid groups (broad SMARTS) is 1. The van der Waals surface area contributed by atoms with Gasteiger partial charge in [-0.1, -0.05) is 58.8 Å². The lowest BCUT2D eigenvalue weighted by Gasteiger charge is -2.39. The van der Waals surface area contributed by atoms with E-state index in [-0.39, 0.29) is 11.4 Å². The maximum Gasteiger partial charge on any atom is 0.341 e. The number of aromatic nitrogens is 2. The van der Waals surface area contributed by atoms with Crippen LogP contribution in [-0.4, -0.2) is 38.8 Å². The number of carbonyl (C=O) groups is 3. The molecule has 2 aromatic heterocycles. The van der Waals surface area contributed by atoms with Gasteiger partial charge in [0.25, 0.3) is 11.7 Å². The fraction of sp³-hybridized carbons (Fsp3) is 0.655. The van der Waals surface area contributed by atoms with Crippen molar-refractivity contribution in [3.63, 3.8) is 0 Å². The maximum absolute atomic E-state index is 13.1. The van der Waals surface area contributed by atoms with Crippen LogP contribution in [0.3, 0.4) is 0 Å². The van der Waals surface area contributed by atoms with Crippen molar-refractivity contribution in [3.8, 4) is 5.88 Å². The molecule has 8 heteroatoms. The van der Waals surface area contributed by atoms with Gasteiger partial charge in [0.2, 0.25) is 5.88 Å². The number of aryl methyl sites for hydroxylation is 1. The van der Waals surface area contributed by atoms with Crippen molar-refractivity contribution in [1.29, 1.82) is 0 Å². The highest BCUT2D eigenvalue weighted by Crippen LogP contribution is 2.44. The normalized spacial score (nSPS) is 22.7. The summed E-state index contributed by atoms with van der Waals surface area (Å²) in [5, 5.41) is 9.19. The molecule has 2 aliphatic rings. The van der Waals surface area contributed by atoms with Gasteiger partial charge in [0, 0.05) is 11.9 Å². The molecular formula is C29H41N3O5. The number of Topliss-reactive ketones (excluding diaryl/α,β-unsaturated/α-hetero) is 1. The zero-order chi connectivity index (χ0) is 26.7. The van der Waals surface area contributed by atoms with Gasteiger partial charge < -0.3 is 20.0 Å². The fourth-order valence-electron chi connectivity index (χ4n) is 7.00. The zero-order valence-corrected chi connectivity index (χ0v) is 22.4. The van der Waals surface area contributed by atoms with Crippen LogP contribution in [0.1, 0.15) is 98.9 Å². The third-order valence-corrected chi connectivity index (χ3v) is 8.71. The number of aliphatic carboxylic acids is 1. The van der Waals surface area contributed by atoms with Gasteiger partial charge in [-0.3, -0.25) is 9.59 Å². The van der Waals surface area contributed by atoms with E-state index in [0.717, 1.165) is 30.0 Å². The van der Waals surface area contributed by atoms with Crippen molar-refractivity contribution in [3.05, 3.63) is 28.7 Å². The number of carbonyl (C=O) groups excluding carboxylic acids is 2. The van der Waals surface area contributed by atoms with E-state index in [1.807, 2.05) is 24.4 Å². The second-order valence-electron chi connectivity index (χ2n) is 11.2. The SMILES string of the molecule is CCc1c(C(=O)C(N)=O)c2c(OCC(=O)O)nc(C)cn2c1CC1CCCC(C)C1CC1CCCCC1. The Morgan fingerprint density at radius 1 is 1.14 bits per heavy atom. The van der Waals surface area contributed by atoms with E-state index in [9.17, 15) is 19.5 Å². The Labute approximate surface area is 219 Å². The number of primary amides is 1. The molecule has 2 fully saturated rings. The second kappa shape index (κ2) is 11.7. The first kappa shape index (κ1) is 27.1. The van der Waals surface area contributed by atoms with Crippen molar-refractivity contribution in [2.24, 2.45) is 29.4 Å². The number of rotatable bonds is 10. The molecule has 0 aromatic carbocycles. The van der Waals surface area contributed by atoms with Gasteiger partial charge >= 0.3 is 5.97 Å². The van der Waals surface area contributed by atoms with Crippen LogP contribution >= 0.6 is 0 Å². The van der Waals surface area contributed by atoms with Crippen LogP contribution in [0.25, 0.3) is 5.52 Å². The Morgan fingerprint density at radius 2 is 1.86 bits per heavy atom. The number of fused-ring (bicyclic) bond motifs is 1. The average Bonchev–Trinajstić information content (AvgIpc) is 3.17. The molecule has 2 aromatic rings. The number of carboxylic acids is 1. The molecule has 0 aliphatic heterocycles. The molecule has 2 saturated carbocycles. The summed E-state index contributed by atoms with van der Waals surface area (Å²) in [4.78, 5) is 40.8. The minimum atomic E-state index is -1.14. The number of hydrogen-bond donors (Lipinski definition) is 2. The second-order valence-corrected chi connectivity index (χ2v) is 11.2. The lowest BCUT2D eigenvalue weighted by atomic mass is 9.66. The Hall–Kier alpha value is -2.90. The van der Waals surface area contributed by atoms with Crippen LogP contribution in [-0.2, 0) is 22.4 Å². The van der Waals surface area contributed by atoms with Gasteiger partial charge in [0.05, 0.1) is 11.3 Å². The van der Waals surface area contributed by atoms with Gasteiger partial charge in [0.15, 0.2) is 6.61 Å². The minimum Gasteiger partial charge on any atom is -0.479 e. The van der Waals surface area contributed by atoms with E-state index in [1.165, 1.54) is 51.4 Å². The van der Waals surface area contributed by atoms with E-state index in [2.05, 4.69) is 11.9 Å². The third kappa shape index (κ3) is 5.83. The van der Waals surface area contributed by atoms with E-state index < -0.39 is 24.3 Å². The van der Waals surface area contributed by atoms with Crippen molar-refractivity contribution in [2.75, 3.05) is 6.61 Å². The molecule has 3 atom stereocenters. The predicted octanol–water partition coefficient (Wildman–Crippen LogP) is 4.90. The molecule has 2 heterocycles. The standard InChI is InChI=1S/C29H41N3O5/c1-4-21-23(14-20-12-8-9-17(2)22(20)13-19-10-6-5-7-11-19)32-15-18(3)31-29(37-16-24(33)34)26(32)25(21)27(35)28(30)36/h15,17,19-20,22H,4-14,16H2,1-3H3,(H2,30,36)(H,33,34). The largest absolute Gasteiger partial charge is 0.479 e. The molecule has 0 saturated heterocycles. The quantitative estimate of drug-likeness (QED) is 0.345. The smallest absolute Gasteiger partial charge is 0.341 e. The number of ketones is 1. The number of hydrogen-bond acceptors (Lipinski definition) is 5. The molecule has 1 amide bonds. The summed E-state index contributed by atoms with van der Waals surface area (Å²) < 4.78 is 7.46. The zero-order valence-electron chi connectivity index (χ0n) is 22.4. The molecule has 3 unspecified atom stereocenters. The summed E-state index contributed by atoms with van der Waals surface area (Å²) in [6, 6.07) is 0. The Balaban J connectivity index is 1.80. The molecular weight excluding hydrogens is 470 g/mol. The van der Waals surface area contributed by atoms with Crippen LogP contribution < -0.4 is 10.5 Å². The van der Waals surface area contributed by atoms with Gasteiger partial charge in [0.1, 0.15) is 5.52 Å². The number of nitrogens with two attached hydrogens (primary N) is 1. The highest BCUT2D eigenvalue weighted by molar-refractivity contribution is 6.44. The first-order valence-electron chi connectivity index (χ1n) is 13.9. The highest BCUT2D eigenvalue weighted by atomic mass is 16.5. The van der Waals surface area contributed by atoms with Crippen LogP contribution in [0.15, 0.2) is 6.20 Å². The summed E-state index contributed by atoms with van der Waals surface area (Å²) in [5.41, 5.74) is 8.42. The minimum absolute atomic E-state index is 0.0451. The summed E-state index contributed by atoms with van der Waals surface area (Å²) >= 11 is 0.